The molecular formula is C9H15NO4S. The number of hydrogen-bond donors (Lipinski definition) is 2. The third-order valence-electron chi connectivity index (χ3n) is 2.40. The van der Waals surface area contributed by atoms with Gasteiger partial charge in [0.1, 0.15) is 6.04 Å². The largest absolute Gasteiger partial charge is 0.480 e. The van der Waals surface area contributed by atoms with Gasteiger partial charge in [0.2, 0.25) is 5.91 Å². The Bertz CT molecular complexity index is 258. The molecule has 0 radical (unpaired) electrons. The highest BCUT2D eigenvalue weighted by Crippen LogP contribution is 2.19. The van der Waals surface area contributed by atoms with Crippen molar-refractivity contribution in [2.24, 2.45) is 0 Å². The molecule has 86 valence electrons. The van der Waals surface area contributed by atoms with Crippen LogP contribution in [0.25, 0.3) is 0 Å². The molecule has 1 heterocycles. The van der Waals surface area contributed by atoms with E-state index in [2.05, 4.69) is 0 Å². The number of carboxylic acid groups (broad SMARTS) is 1. The Balaban J connectivity index is 2.58. The number of β-amino-alcohol motifs (C(OH)–C–C–N with tert-alkyl or cyclic N) is 1. The van der Waals surface area contributed by atoms with Crippen LogP contribution in [0.5, 0.6) is 0 Å². The van der Waals surface area contributed by atoms with Gasteiger partial charge in [0.05, 0.1) is 6.10 Å². The third kappa shape index (κ3) is 3.10. The first kappa shape index (κ1) is 12.3. The predicted molar refractivity (Wildman–Crippen MR) is 56.8 cm³/mol. The smallest absolute Gasteiger partial charge is 0.326 e. The second-order valence-electron chi connectivity index (χ2n) is 3.53. The number of carbonyl (C=O) groups is 2. The van der Waals surface area contributed by atoms with E-state index in [0.717, 1.165) is 0 Å². The fourth-order valence-corrected chi connectivity index (χ4v) is 2.04. The molecule has 0 aromatic carbocycles. The van der Waals surface area contributed by atoms with E-state index >= 15 is 0 Å². The van der Waals surface area contributed by atoms with Crippen LogP contribution >= 0.6 is 11.8 Å². The molecule has 0 bridgehead atoms. The molecule has 0 aromatic rings. The Kier molecular flexibility index (Phi) is 4.41. The van der Waals surface area contributed by atoms with Gasteiger partial charge in [0.25, 0.3) is 0 Å². The number of amides is 1. The van der Waals surface area contributed by atoms with Gasteiger partial charge in [-0.15, -0.1) is 0 Å². The van der Waals surface area contributed by atoms with E-state index in [-0.39, 0.29) is 18.9 Å². The van der Waals surface area contributed by atoms with E-state index in [1.165, 1.54) is 4.90 Å². The maximum Gasteiger partial charge on any atom is 0.326 e. The first-order chi connectivity index (χ1) is 7.06. The van der Waals surface area contributed by atoms with Gasteiger partial charge in [-0.1, -0.05) is 0 Å². The summed E-state index contributed by atoms with van der Waals surface area (Å²) < 4.78 is 0. The van der Waals surface area contributed by atoms with E-state index in [9.17, 15) is 14.7 Å². The molecule has 6 heteroatoms. The van der Waals surface area contributed by atoms with E-state index in [4.69, 9.17) is 5.11 Å². The maximum absolute atomic E-state index is 11.6. The Morgan fingerprint density at radius 3 is 2.73 bits per heavy atom. The highest BCUT2D eigenvalue weighted by atomic mass is 32.2. The molecule has 5 nitrogen and oxygen atoms in total. The lowest BCUT2D eigenvalue weighted by Gasteiger charge is -2.20. The first-order valence-electron chi connectivity index (χ1n) is 4.75. The zero-order valence-corrected chi connectivity index (χ0v) is 9.37. The average Bonchev–Trinajstić information content (AvgIpc) is 2.57. The van der Waals surface area contributed by atoms with Gasteiger partial charge >= 0.3 is 5.97 Å². The molecule has 1 aliphatic rings. The van der Waals surface area contributed by atoms with Crippen molar-refractivity contribution >= 4 is 23.6 Å². The van der Waals surface area contributed by atoms with Crippen molar-refractivity contribution in [2.75, 3.05) is 18.6 Å². The van der Waals surface area contributed by atoms with E-state index in [1.807, 2.05) is 6.26 Å². The topological polar surface area (TPSA) is 77.8 Å². The fraction of sp³-hybridized carbons (Fsp3) is 0.778. The normalized spacial score (nSPS) is 25.6. The van der Waals surface area contributed by atoms with Crippen molar-refractivity contribution in [3.63, 3.8) is 0 Å². The summed E-state index contributed by atoms with van der Waals surface area (Å²) in [7, 11) is 0. The second kappa shape index (κ2) is 5.37. The molecule has 1 aliphatic heterocycles. The maximum atomic E-state index is 11.6. The molecule has 2 atom stereocenters. The summed E-state index contributed by atoms with van der Waals surface area (Å²) in [4.78, 5) is 23.7. The van der Waals surface area contributed by atoms with E-state index < -0.39 is 18.1 Å². The summed E-state index contributed by atoms with van der Waals surface area (Å²) in [6.07, 6.45) is 1.66. The molecule has 1 saturated heterocycles. The van der Waals surface area contributed by atoms with Gasteiger partial charge in [0, 0.05) is 25.1 Å². The molecule has 2 N–H and O–H groups in total. The van der Waals surface area contributed by atoms with Crippen LogP contribution in [0, 0.1) is 0 Å². The van der Waals surface area contributed by atoms with Gasteiger partial charge < -0.3 is 15.1 Å². The van der Waals surface area contributed by atoms with Crippen molar-refractivity contribution in [2.45, 2.75) is 25.0 Å². The summed E-state index contributed by atoms with van der Waals surface area (Å²) in [5, 5.41) is 18.2. The van der Waals surface area contributed by atoms with Crippen LogP contribution in [0.2, 0.25) is 0 Å². The van der Waals surface area contributed by atoms with Crippen molar-refractivity contribution in [3.8, 4) is 0 Å². The number of carboxylic acids is 1. The molecule has 0 unspecified atom stereocenters. The lowest BCUT2D eigenvalue weighted by molar-refractivity contribution is -0.148. The predicted octanol–water partition coefficient (Wildman–Crippen LogP) is -0.214. The van der Waals surface area contributed by atoms with Gasteiger partial charge in [-0.3, -0.25) is 4.79 Å². The molecule has 0 saturated carbocycles. The second-order valence-corrected chi connectivity index (χ2v) is 4.52. The van der Waals surface area contributed by atoms with Crippen LogP contribution in [0.15, 0.2) is 0 Å². The Morgan fingerprint density at radius 1 is 1.53 bits per heavy atom. The van der Waals surface area contributed by atoms with E-state index in [0.29, 0.717) is 12.2 Å². The SMILES string of the molecule is CSCCC(=O)N1C[C@H](O)C[C@H]1C(=O)O. The van der Waals surface area contributed by atoms with Crippen molar-refractivity contribution in [1.29, 1.82) is 0 Å². The van der Waals surface area contributed by atoms with Crippen LogP contribution < -0.4 is 0 Å². The van der Waals surface area contributed by atoms with Crippen LogP contribution in [0.3, 0.4) is 0 Å². The molecule has 0 spiro atoms. The summed E-state index contributed by atoms with van der Waals surface area (Å²) >= 11 is 1.54. The Labute approximate surface area is 92.4 Å². The zero-order chi connectivity index (χ0) is 11.4. The van der Waals surface area contributed by atoms with E-state index in [1.54, 1.807) is 11.8 Å². The standard InChI is InChI=1S/C9H15NO4S/c1-15-3-2-8(12)10-5-6(11)4-7(10)9(13)14/h6-7,11H,2-5H2,1H3,(H,13,14)/t6-,7+/m1/s1. The van der Waals surface area contributed by atoms with Crippen LogP contribution in [-0.2, 0) is 9.59 Å². The van der Waals surface area contributed by atoms with Gasteiger partial charge in [0.15, 0.2) is 0 Å². The lowest BCUT2D eigenvalue weighted by atomic mass is 10.2. The summed E-state index contributed by atoms with van der Waals surface area (Å²) in [6.45, 7) is 0.143. The minimum absolute atomic E-state index is 0.139. The molecule has 1 rings (SSSR count). The molecular weight excluding hydrogens is 218 g/mol. The highest BCUT2D eigenvalue weighted by Gasteiger charge is 2.38. The number of carbonyl (C=O) groups excluding carboxylic acids is 1. The first-order valence-corrected chi connectivity index (χ1v) is 6.15. The minimum Gasteiger partial charge on any atom is -0.480 e. The number of aliphatic carboxylic acids is 1. The summed E-state index contributed by atoms with van der Waals surface area (Å²) in [6, 6.07) is -0.852. The molecule has 0 aromatic heterocycles. The lowest BCUT2D eigenvalue weighted by Crippen LogP contribution is -2.40. The van der Waals surface area contributed by atoms with Gasteiger partial charge in [-0.25, -0.2) is 4.79 Å². The van der Waals surface area contributed by atoms with Crippen LogP contribution in [0.1, 0.15) is 12.8 Å². The number of hydrogen-bond acceptors (Lipinski definition) is 4. The van der Waals surface area contributed by atoms with Gasteiger partial charge in [-0.2, -0.15) is 11.8 Å². The number of rotatable bonds is 4. The van der Waals surface area contributed by atoms with Crippen molar-refractivity contribution < 1.29 is 19.8 Å². The van der Waals surface area contributed by atoms with Gasteiger partial charge in [-0.05, 0) is 6.26 Å². The highest BCUT2D eigenvalue weighted by molar-refractivity contribution is 7.98. The molecule has 15 heavy (non-hydrogen) atoms. The van der Waals surface area contributed by atoms with Crippen LogP contribution in [0.4, 0.5) is 0 Å². The monoisotopic (exact) mass is 233 g/mol. The summed E-state index contributed by atoms with van der Waals surface area (Å²) in [5.41, 5.74) is 0. The average molecular weight is 233 g/mol. The zero-order valence-electron chi connectivity index (χ0n) is 8.55. The molecule has 0 aliphatic carbocycles. The fourth-order valence-electron chi connectivity index (χ4n) is 1.66. The van der Waals surface area contributed by atoms with Crippen LogP contribution in [-0.4, -0.2) is 57.7 Å². The van der Waals surface area contributed by atoms with Crippen molar-refractivity contribution in [3.05, 3.63) is 0 Å². The summed E-state index contributed by atoms with van der Waals surface area (Å²) in [5.74, 6) is -0.546. The number of nitrogens with zero attached hydrogens (tertiary/aromatic N) is 1. The Morgan fingerprint density at radius 2 is 2.20 bits per heavy atom. The number of thioether (sulfide) groups is 1. The number of aliphatic hydroxyl groups excluding tert-OH is 1. The number of likely N-dealkylation sites (tertiary alicyclic amines) is 1. The molecule has 1 amide bonds. The molecule has 1 fully saturated rings. The Hall–Kier alpha value is -0.750. The number of aliphatic hydroxyl groups is 1. The minimum atomic E-state index is -1.04. The third-order valence-corrected chi connectivity index (χ3v) is 3.02. The quantitative estimate of drug-likeness (QED) is 0.702. The van der Waals surface area contributed by atoms with Crippen molar-refractivity contribution in [1.82, 2.24) is 4.90 Å².